The third kappa shape index (κ3) is 8.49. The first-order valence-corrected chi connectivity index (χ1v) is 12.3. The number of amides is 2. The molecule has 2 aromatic rings. The molecule has 0 heterocycles. The van der Waals surface area contributed by atoms with Crippen molar-refractivity contribution in [2.45, 2.75) is 54.4 Å². The summed E-state index contributed by atoms with van der Waals surface area (Å²) in [6.45, 7) is 16.1. The van der Waals surface area contributed by atoms with Gasteiger partial charge in [0, 0.05) is 29.8 Å². The van der Waals surface area contributed by atoms with E-state index in [1.54, 1.807) is 24.3 Å². The molecule has 0 atom stereocenters. The maximum Gasteiger partial charge on any atom is 0.251 e. The minimum Gasteiger partial charge on any atom is -0.493 e. The highest BCUT2D eigenvalue weighted by Crippen LogP contribution is 2.26. The van der Waals surface area contributed by atoms with Crippen LogP contribution in [0, 0.1) is 19.3 Å². The van der Waals surface area contributed by atoms with Gasteiger partial charge in [0.05, 0.1) is 6.61 Å². The summed E-state index contributed by atoms with van der Waals surface area (Å²) in [6.07, 6.45) is 1.48. The summed E-state index contributed by atoms with van der Waals surface area (Å²) in [5.74, 6) is 0.754. The number of benzene rings is 2. The van der Waals surface area contributed by atoms with Crippen molar-refractivity contribution in [1.82, 2.24) is 10.2 Å². The topological polar surface area (TPSA) is 70.7 Å². The van der Waals surface area contributed by atoms with Gasteiger partial charge in [-0.15, -0.1) is 0 Å². The van der Waals surface area contributed by atoms with Gasteiger partial charge in [-0.05, 0) is 81.2 Å². The molecule has 0 aliphatic rings. The zero-order chi connectivity index (χ0) is 25.1. The van der Waals surface area contributed by atoms with Crippen molar-refractivity contribution in [1.29, 1.82) is 0 Å². The second-order valence-electron chi connectivity index (χ2n) is 9.42. The van der Waals surface area contributed by atoms with Crippen LogP contribution in [0.25, 0.3) is 0 Å². The number of hydrogen-bond donors (Lipinski definition) is 2. The fraction of sp³-hybridized carbons (Fsp3) is 0.500. The van der Waals surface area contributed by atoms with Crippen LogP contribution < -0.4 is 15.4 Å². The van der Waals surface area contributed by atoms with E-state index >= 15 is 0 Å². The molecule has 0 saturated carbocycles. The van der Waals surface area contributed by atoms with Crippen LogP contribution in [0.4, 0.5) is 5.69 Å². The van der Waals surface area contributed by atoms with Crippen LogP contribution in [0.1, 0.15) is 62.0 Å². The average Bonchev–Trinajstić information content (AvgIpc) is 2.82. The number of hydrogen-bond acceptors (Lipinski definition) is 4. The molecule has 186 valence electrons. The van der Waals surface area contributed by atoms with Gasteiger partial charge in [0.25, 0.3) is 5.91 Å². The summed E-state index contributed by atoms with van der Waals surface area (Å²) in [6, 6.07) is 13.2. The molecule has 0 radical (unpaired) electrons. The number of nitrogens with zero attached hydrogens (tertiary/aromatic N) is 1. The highest BCUT2D eigenvalue weighted by molar-refractivity contribution is 5.97. The first kappa shape index (κ1) is 27.4. The predicted molar refractivity (Wildman–Crippen MR) is 140 cm³/mol. The molecule has 0 bridgehead atoms. The largest absolute Gasteiger partial charge is 0.493 e. The minimum atomic E-state index is -0.536. The zero-order valence-electron chi connectivity index (χ0n) is 21.7. The lowest BCUT2D eigenvalue weighted by Crippen LogP contribution is -2.34. The standard InChI is InChI=1S/C28H41N3O3/c1-7-31(8-2)18-17-29-26(32)23-12-14-24(15-13-23)30-27(33)28(5,6)16-9-19-34-25-20-21(3)10-11-22(25)4/h10-15,20H,7-9,16-19H2,1-6H3,(H,29,32)(H,30,33). The van der Waals surface area contributed by atoms with E-state index in [4.69, 9.17) is 4.74 Å². The first-order chi connectivity index (χ1) is 16.2. The lowest BCUT2D eigenvalue weighted by atomic mass is 9.87. The van der Waals surface area contributed by atoms with Gasteiger partial charge >= 0.3 is 0 Å². The SMILES string of the molecule is CCN(CC)CCNC(=O)c1ccc(NC(=O)C(C)(C)CCCOc2cc(C)ccc2C)cc1. The summed E-state index contributed by atoms with van der Waals surface area (Å²) < 4.78 is 5.93. The Labute approximate surface area is 205 Å². The maximum absolute atomic E-state index is 12.8. The van der Waals surface area contributed by atoms with Gasteiger partial charge in [-0.2, -0.15) is 0 Å². The second-order valence-corrected chi connectivity index (χ2v) is 9.42. The van der Waals surface area contributed by atoms with Crippen molar-refractivity contribution in [3.63, 3.8) is 0 Å². The summed E-state index contributed by atoms with van der Waals surface area (Å²) in [4.78, 5) is 27.5. The van der Waals surface area contributed by atoms with Crippen LogP contribution in [0.5, 0.6) is 5.75 Å². The van der Waals surface area contributed by atoms with Crippen LogP contribution >= 0.6 is 0 Å². The van der Waals surface area contributed by atoms with Gasteiger partial charge in [-0.3, -0.25) is 9.59 Å². The van der Waals surface area contributed by atoms with Gasteiger partial charge in [-0.25, -0.2) is 0 Å². The Morgan fingerprint density at radius 1 is 1.00 bits per heavy atom. The van der Waals surface area contributed by atoms with E-state index in [9.17, 15) is 9.59 Å². The summed E-state index contributed by atoms with van der Waals surface area (Å²) in [7, 11) is 0. The molecule has 2 aromatic carbocycles. The van der Waals surface area contributed by atoms with E-state index in [2.05, 4.69) is 41.5 Å². The van der Waals surface area contributed by atoms with Gasteiger partial charge in [-0.1, -0.05) is 39.8 Å². The van der Waals surface area contributed by atoms with Crippen molar-refractivity contribution in [2.24, 2.45) is 5.41 Å². The van der Waals surface area contributed by atoms with E-state index in [1.807, 2.05) is 33.8 Å². The molecule has 0 aromatic heterocycles. The van der Waals surface area contributed by atoms with Crippen molar-refractivity contribution >= 4 is 17.5 Å². The molecule has 6 nitrogen and oxygen atoms in total. The summed E-state index contributed by atoms with van der Waals surface area (Å²) in [5, 5.41) is 5.93. The molecule has 2 rings (SSSR count). The summed E-state index contributed by atoms with van der Waals surface area (Å²) in [5.41, 5.74) is 3.02. The normalized spacial score (nSPS) is 11.4. The van der Waals surface area contributed by atoms with Crippen molar-refractivity contribution in [3.05, 3.63) is 59.2 Å². The van der Waals surface area contributed by atoms with Crippen molar-refractivity contribution in [3.8, 4) is 5.75 Å². The lowest BCUT2D eigenvalue weighted by Gasteiger charge is -2.24. The summed E-state index contributed by atoms with van der Waals surface area (Å²) >= 11 is 0. The van der Waals surface area contributed by atoms with Gasteiger partial charge in [0.2, 0.25) is 5.91 Å². The van der Waals surface area contributed by atoms with Crippen LogP contribution in [-0.4, -0.2) is 49.5 Å². The highest BCUT2D eigenvalue weighted by Gasteiger charge is 2.27. The van der Waals surface area contributed by atoms with Crippen LogP contribution in [0.2, 0.25) is 0 Å². The lowest BCUT2D eigenvalue weighted by molar-refractivity contribution is -0.124. The maximum atomic E-state index is 12.8. The number of anilines is 1. The Hall–Kier alpha value is -2.86. The third-order valence-electron chi connectivity index (χ3n) is 6.17. The Morgan fingerprint density at radius 3 is 2.32 bits per heavy atom. The molecule has 34 heavy (non-hydrogen) atoms. The van der Waals surface area contributed by atoms with Crippen molar-refractivity contribution in [2.75, 3.05) is 38.1 Å². The Morgan fingerprint density at radius 2 is 1.68 bits per heavy atom. The van der Waals surface area contributed by atoms with Gasteiger partial charge in [0.15, 0.2) is 0 Å². The predicted octanol–water partition coefficient (Wildman–Crippen LogP) is 5.20. The number of rotatable bonds is 13. The molecule has 0 aliphatic heterocycles. The smallest absolute Gasteiger partial charge is 0.251 e. The highest BCUT2D eigenvalue weighted by atomic mass is 16.5. The number of ether oxygens (including phenoxy) is 1. The number of carbonyl (C=O) groups excluding carboxylic acids is 2. The molecule has 2 amide bonds. The van der Waals surface area contributed by atoms with E-state index < -0.39 is 5.41 Å². The molecule has 0 fully saturated rings. The van der Waals surface area contributed by atoms with Gasteiger partial charge in [0.1, 0.15) is 5.75 Å². The first-order valence-electron chi connectivity index (χ1n) is 12.3. The fourth-order valence-corrected chi connectivity index (χ4v) is 3.65. The van der Waals surface area contributed by atoms with E-state index in [-0.39, 0.29) is 11.8 Å². The Balaban J connectivity index is 1.79. The van der Waals surface area contributed by atoms with E-state index in [0.717, 1.165) is 37.4 Å². The molecule has 0 unspecified atom stereocenters. The average molecular weight is 468 g/mol. The van der Waals surface area contributed by atoms with E-state index in [1.165, 1.54) is 5.56 Å². The molecule has 0 saturated heterocycles. The Kier molecular flexibility index (Phi) is 10.6. The second kappa shape index (κ2) is 13.1. The van der Waals surface area contributed by atoms with Gasteiger partial charge < -0.3 is 20.3 Å². The molecular formula is C28H41N3O3. The van der Waals surface area contributed by atoms with Crippen LogP contribution in [0.15, 0.2) is 42.5 Å². The third-order valence-corrected chi connectivity index (χ3v) is 6.17. The quantitative estimate of drug-likeness (QED) is 0.397. The van der Waals surface area contributed by atoms with Crippen molar-refractivity contribution < 1.29 is 14.3 Å². The number of carbonyl (C=O) groups is 2. The monoisotopic (exact) mass is 467 g/mol. The number of nitrogens with one attached hydrogen (secondary N) is 2. The fourth-order valence-electron chi connectivity index (χ4n) is 3.65. The van der Waals surface area contributed by atoms with Crippen LogP contribution in [-0.2, 0) is 4.79 Å². The Bertz CT molecular complexity index is 934. The zero-order valence-corrected chi connectivity index (χ0v) is 21.7. The molecule has 0 aliphatic carbocycles. The number of aryl methyl sites for hydroxylation is 2. The molecule has 6 heteroatoms. The van der Waals surface area contributed by atoms with E-state index in [0.29, 0.717) is 30.8 Å². The molecular weight excluding hydrogens is 426 g/mol. The molecule has 0 spiro atoms. The minimum absolute atomic E-state index is 0.0457. The van der Waals surface area contributed by atoms with Crippen LogP contribution in [0.3, 0.4) is 0 Å². The number of likely N-dealkylation sites (N-methyl/N-ethyl adjacent to an activating group) is 1. The molecule has 2 N–H and O–H groups in total.